The van der Waals surface area contributed by atoms with Gasteiger partial charge in [-0.2, -0.15) is 0 Å². The second-order valence-corrected chi connectivity index (χ2v) is 7.50. The van der Waals surface area contributed by atoms with Crippen LogP contribution in [0.5, 0.6) is 0 Å². The van der Waals surface area contributed by atoms with Gasteiger partial charge in [-0.05, 0) is 43.9 Å². The molecule has 1 fully saturated rings. The number of nitrogens with zero attached hydrogens (tertiary/aromatic N) is 4. The maximum atomic E-state index is 12.6. The summed E-state index contributed by atoms with van der Waals surface area (Å²) in [6, 6.07) is 5.77. The predicted octanol–water partition coefficient (Wildman–Crippen LogP) is 3.23. The Morgan fingerprint density at radius 2 is 2.21 bits per heavy atom. The van der Waals surface area contributed by atoms with Gasteiger partial charge in [0.1, 0.15) is 6.26 Å². The van der Waals surface area contributed by atoms with Crippen LogP contribution in [0.2, 0.25) is 0 Å². The van der Waals surface area contributed by atoms with E-state index in [2.05, 4.69) is 26.8 Å². The van der Waals surface area contributed by atoms with Crippen LogP contribution in [0.1, 0.15) is 42.6 Å². The van der Waals surface area contributed by atoms with E-state index in [1.165, 1.54) is 6.26 Å². The molecule has 1 aliphatic heterocycles. The number of benzene rings is 1. The molecule has 1 aromatic carbocycles. The molecule has 0 spiro atoms. The van der Waals surface area contributed by atoms with Gasteiger partial charge in [0.2, 0.25) is 5.91 Å². The van der Waals surface area contributed by atoms with Crippen molar-refractivity contribution >= 4 is 28.5 Å². The normalized spacial score (nSPS) is 16.9. The minimum absolute atomic E-state index is 0.0455. The minimum Gasteiger partial charge on any atom is -0.448 e. The van der Waals surface area contributed by atoms with Crippen LogP contribution in [-0.4, -0.2) is 44.3 Å². The highest BCUT2D eigenvalue weighted by molar-refractivity contribution is 5.94. The van der Waals surface area contributed by atoms with Crippen LogP contribution in [0.4, 0.5) is 5.69 Å². The number of rotatable bonds is 5. The van der Waals surface area contributed by atoms with Crippen LogP contribution in [0.15, 0.2) is 35.2 Å². The van der Waals surface area contributed by atoms with Gasteiger partial charge >= 0.3 is 0 Å². The summed E-state index contributed by atoms with van der Waals surface area (Å²) >= 11 is 0. The minimum atomic E-state index is -0.135. The van der Waals surface area contributed by atoms with Crippen LogP contribution < -0.4 is 5.32 Å². The Hall–Kier alpha value is -3.16. The average molecular weight is 395 g/mol. The number of carbonyl (C=O) groups is 2. The fraction of sp³-hybridized carbons (Fsp3) is 0.429. The van der Waals surface area contributed by atoms with Crippen molar-refractivity contribution in [1.82, 2.24) is 19.4 Å². The molecule has 2 aromatic heterocycles. The van der Waals surface area contributed by atoms with Crippen LogP contribution in [-0.2, 0) is 11.3 Å². The number of imidazole rings is 1. The molecule has 3 aromatic rings. The van der Waals surface area contributed by atoms with Crippen molar-refractivity contribution in [3.05, 3.63) is 42.4 Å². The molecule has 3 heterocycles. The molecule has 29 heavy (non-hydrogen) atoms. The number of aromatic nitrogens is 3. The Morgan fingerprint density at radius 3 is 2.97 bits per heavy atom. The van der Waals surface area contributed by atoms with Gasteiger partial charge in [0.05, 0.1) is 17.4 Å². The summed E-state index contributed by atoms with van der Waals surface area (Å²) in [6.07, 6.45) is 5.38. The molecule has 1 atom stereocenters. The number of anilines is 1. The molecule has 0 saturated carbocycles. The van der Waals surface area contributed by atoms with Gasteiger partial charge in [0.15, 0.2) is 11.6 Å². The lowest BCUT2D eigenvalue weighted by Gasteiger charge is -2.32. The standard InChI is InChI=1S/C21H25N5O3/c1-3-25-13-22-17-10-16(6-7-19(17)25)24-20(27)9-15-5-4-8-26(11-15)21(28)18-12-29-14(2)23-18/h6-7,10,12-13,15H,3-5,8-9,11H2,1-2H3,(H,24,27)/t15-/m0/s1. The molecule has 1 N–H and O–H groups in total. The maximum absolute atomic E-state index is 12.6. The third-order valence-corrected chi connectivity index (χ3v) is 5.36. The fourth-order valence-corrected chi connectivity index (χ4v) is 3.91. The number of carbonyl (C=O) groups excluding carboxylic acids is 2. The van der Waals surface area contributed by atoms with E-state index in [4.69, 9.17) is 4.42 Å². The summed E-state index contributed by atoms with van der Waals surface area (Å²) in [7, 11) is 0. The predicted molar refractivity (Wildman–Crippen MR) is 109 cm³/mol. The lowest BCUT2D eigenvalue weighted by Crippen LogP contribution is -2.41. The summed E-state index contributed by atoms with van der Waals surface area (Å²) in [5, 5.41) is 2.97. The van der Waals surface area contributed by atoms with Gasteiger partial charge in [-0.3, -0.25) is 9.59 Å². The first-order valence-electron chi connectivity index (χ1n) is 9.99. The summed E-state index contributed by atoms with van der Waals surface area (Å²) in [6.45, 7) is 5.87. The number of hydrogen-bond donors (Lipinski definition) is 1. The zero-order valence-corrected chi connectivity index (χ0v) is 16.7. The molecule has 0 aliphatic carbocycles. The third kappa shape index (κ3) is 4.16. The van der Waals surface area contributed by atoms with Crippen molar-refractivity contribution in [2.75, 3.05) is 18.4 Å². The van der Waals surface area contributed by atoms with Crippen molar-refractivity contribution in [1.29, 1.82) is 0 Å². The van der Waals surface area contributed by atoms with Gasteiger partial charge < -0.3 is 19.2 Å². The molecule has 8 nitrogen and oxygen atoms in total. The monoisotopic (exact) mass is 395 g/mol. The van der Waals surface area contributed by atoms with Crippen molar-refractivity contribution in [3.63, 3.8) is 0 Å². The number of fused-ring (bicyclic) bond motifs is 1. The Balaban J connectivity index is 1.36. The number of nitrogens with one attached hydrogen (secondary N) is 1. The van der Waals surface area contributed by atoms with E-state index in [0.717, 1.165) is 36.1 Å². The summed E-state index contributed by atoms with van der Waals surface area (Å²) in [5.74, 6) is 0.422. The SMILES string of the molecule is CCn1cnc2cc(NC(=O)C[C@@H]3CCCN(C(=O)c4coc(C)n4)C3)ccc21. The van der Waals surface area contributed by atoms with Crippen LogP contribution in [0.3, 0.4) is 0 Å². The van der Waals surface area contributed by atoms with Gasteiger partial charge in [-0.1, -0.05) is 0 Å². The van der Waals surface area contributed by atoms with E-state index in [0.29, 0.717) is 31.1 Å². The van der Waals surface area contributed by atoms with E-state index in [1.54, 1.807) is 18.2 Å². The summed E-state index contributed by atoms with van der Waals surface area (Å²) in [4.78, 5) is 35.4. The first-order valence-corrected chi connectivity index (χ1v) is 9.99. The van der Waals surface area contributed by atoms with Crippen LogP contribution >= 0.6 is 0 Å². The van der Waals surface area contributed by atoms with E-state index in [1.807, 2.05) is 18.2 Å². The number of oxazole rings is 1. The summed E-state index contributed by atoms with van der Waals surface area (Å²) in [5.41, 5.74) is 2.98. The Labute approximate surface area is 168 Å². The number of aryl methyl sites for hydroxylation is 2. The van der Waals surface area contributed by atoms with Crippen molar-refractivity contribution in [2.24, 2.45) is 5.92 Å². The maximum Gasteiger partial charge on any atom is 0.275 e. The summed E-state index contributed by atoms with van der Waals surface area (Å²) < 4.78 is 7.20. The molecule has 1 aliphatic rings. The fourth-order valence-electron chi connectivity index (χ4n) is 3.91. The topological polar surface area (TPSA) is 93.3 Å². The van der Waals surface area contributed by atoms with Gasteiger partial charge in [-0.15, -0.1) is 0 Å². The Kier molecular flexibility index (Phi) is 5.33. The number of hydrogen-bond acceptors (Lipinski definition) is 5. The van der Waals surface area contributed by atoms with Gasteiger partial charge in [-0.25, -0.2) is 9.97 Å². The van der Waals surface area contributed by atoms with E-state index in [-0.39, 0.29) is 17.7 Å². The second-order valence-electron chi connectivity index (χ2n) is 7.50. The quantitative estimate of drug-likeness (QED) is 0.716. The molecular weight excluding hydrogens is 370 g/mol. The van der Waals surface area contributed by atoms with Crippen LogP contribution in [0, 0.1) is 12.8 Å². The smallest absolute Gasteiger partial charge is 0.275 e. The molecule has 2 amide bonds. The first kappa shape index (κ1) is 19.2. The van der Waals surface area contributed by atoms with E-state index in [9.17, 15) is 9.59 Å². The molecule has 4 rings (SSSR count). The third-order valence-electron chi connectivity index (χ3n) is 5.36. The van der Waals surface area contributed by atoms with Crippen molar-refractivity contribution in [2.45, 2.75) is 39.7 Å². The first-order chi connectivity index (χ1) is 14.0. The average Bonchev–Trinajstić information content (AvgIpc) is 3.33. The van der Waals surface area contributed by atoms with E-state index >= 15 is 0 Å². The molecule has 1 saturated heterocycles. The molecule has 8 heteroatoms. The van der Waals surface area contributed by atoms with Crippen molar-refractivity contribution in [3.8, 4) is 0 Å². The van der Waals surface area contributed by atoms with Gasteiger partial charge in [0.25, 0.3) is 5.91 Å². The van der Waals surface area contributed by atoms with E-state index < -0.39 is 0 Å². The molecular formula is C21H25N5O3. The highest BCUT2D eigenvalue weighted by Crippen LogP contribution is 2.23. The second kappa shape index (κ2) is 8.06. The lowest BCUT2D eigenvalue weighted by atomic mass is 9.94. The number of piperidine rings is 1. The largest absolute Gasteiger partial charge is 0.448 e. The van der Waals surface area contributed by atoms with Crippen molar-refractivity contribution < 1.29 is 14.0 Å². The highest BCUT2D eigenvalue weighted by atomic mass is 16.3. The lowest BCUT2D eigenvalue weighted by molar-refractivity contribution is -0.117. The number of amides is 2. The highest BCUT2D eigenvalue weighted by Gasteiger charge is 2.27. The van der Waals surface area contributed by atoms with Gasteiger partial charge in [0, 0.05) is 38.7 Å². The zero-order chi connectivity index (χ0) is 20.4. The molecule has 0 unspecified atom stereocenters. The Bertz CT molecular complexity index is 1040. The molecule has 152 valence electrons. The molecule has 0 bridgehead atoms. The Morgan fingerprint density at radius 1 is 1.34 bits per heavy atom. The number of likely N-dealkylation sites (tertiary alicyclic amines) is 1. The zero-order valence-electron chi connectivity index (χ0n) is 16.7. The molecule has 0 radical (unpaired) electrons. The van der Waals surface area contributed by atoms with Crippen LogP contribution in [0.25, 0.3) is 11.0 Å².